The Labute approximate surface area is 123 Å². The van der Waals surface area contributed by atoms with E-state index in [1.807, 2.05) is 0 Å². The van der Waals surface area contributed by atoms with Crippen molar-refractivity contribution in [2.45, 2.75) is 26.8 Å². The topological polar surface area (TPSA) is 72.3 Å². The summed E-state index contributed by atoms with van der Waals surface area (Å²) >= 11 is 0. The maximum Gasteiger partial charge on any atom is 0.232 e. The van der Waals surface area contributed by atoms with E-state index < -0.39 is 9.05 Å². The molecule has 0 aromatic carbocycles. The van der Waals surface area contributed by atoms with Crippen LogP contribution in [0.3, 0.4) is 0 Å². The summed E-state index contributed by atoms with van der Waals surface area (Å²) in [5.41, 5.74) is 0. The van der Waals surface area contributed by atoms with E-state index in [1.54, 1.807) is 21.8 Å². The molecule has 1 aromatic heterocycles. The zero-order chi connectivity index (χ0) is 14.9. The quantitative estimate of drug-likeness (QED) is 0.770. The van der Waals surface area contributed by atoms with Crippen LogP contribution in [-0.2, 0) is 20.4 Å². The molecule has 1 unspecified atom stereocenters. The van der Waals surface area contributed by atoms with Crippen LogP contribution < -0.4 is 4.90 Å². The normalized spacial score (nSPS) is 20.1. The van der Waals surface area contributed by atoms with E-state index in [9.17, 15) is 13.2 Å². The minimum absolute atomic E-state index is 0.0826. The molecule has 20 heavy (non-hydrogen) atoms. The van der Waals surface area contributed by atoms with Gasteiger partial charge in [0.2, 0.25) is 15.0 Å². The monoisotopic (exact) mass is 319 g/mol. The number of nitrogens with zero attached hydrogens (tertiary/aromatic N) is 3. The van der Waals surface area contributed by atoms with Crippen molar-refractivity contribution < 1.29 is 13.2 Å². The Balaban J connectivity index is 2.14. The first-order valence-corrected chi connectivity index (χ1v) is 8.98. The lowest BCUT2D eigenvalue weighted by Gasteiger charge is -2.19. The van der Waals surface area contributed by atoms with Gasteiger partial charge in [0.15, 0.2) is 0 Å². The molecule has 8 heteroatoms. The van der Waals surface area contributed by atoms with Crippen LogP contribution in [0.4, 0.5) is 5.82 Å². The lowest BCUT2D eigenvalue weighted by Crippen LogP contribution is -2.28. The zero-order valence-electron chi connectivity index (χ0n) is 11.5. The van der Waals surface area contributed by atoms with Crippen LogP contribution in [0.15, 0.2) is 12.3 Å². The second-order valence-electron chi connectivity index (χ2n) is 5.55. The first-order valence-electron chi connectivity index (χ1n) is 6.51. The Morgan fingerprint density at radius 2 is 2.20 bits per heavy atom. The predicted molar refractivity (Wildman–Crippen MR) is 77.2 cm³/mol. The van der Waals surface area contributed by atoms with E-state index in [0.29, 0.717) is 19.0 Å². The van der Waals surface area contributed by atoms with E-state index in [-0.39, 0.29) is 24.0 Å². The van der Waals surface area contributed by atoms with Crippen molar-refractivity contribution in [3.8, 4) is 0 Å². The number of amides is 1. The summed E-state index contributed by atoms with van der Waals surface area (Å²) in [6.45, 7) is 5.22. The summed E-state index contributed by atoms with van der Waals surface area (Å²) in [6.07, 6.45) is 1.86. The highest BCUT2D eigenvalue weighted by molar-refractivity contribution is 8.13. The molecule has 0 saturated carbocycles. The minimum Gasteiger partial charge on any atom is -0.297 e. The molecule has 2 rings (SSSR count). The van der Waals surface area contributed by atoms with Gasteiger partial charge < -0.3 is 0 Å². The Morgan fingerprint density at radius 1 is 1.50 bits per heavy atom. The number of hydrogen-bond acceptors (Lipinski definition) is 4. The van der Waals surface area contributed by atoms with Crippen LogP contribution >= 0.6 is 10.7 Å². The fourth-order valence-electron chi connectivity index (χ4n) is 2.44. The second kappa shape index (κ2) is 5.73. The van der Waals surface area contributed by atoms with Crippen molar-refractivity contribution in [1.82, 2.24) is 9.78 Å². The van der Waals surface area contributed by atoms with E-state index in [1.165, 1.54) is 0 Å². The van der Waals surface area contributed by atoms with Crippen LogP contribution in [0.25, 0.3) is 0 Å². The predicted octanol–water partition coefficient (Wildman–Crippen LogP) is 1.46. The summed E-state index contributed by atoms with van der Waals surface area (Å²) in [4.78, 5) is 13.7. The third kappa shape index (κ3) is 3.73. The number of halogens is 1. The van der Waals surface area contributed by atoms with Gasteiger partial charge in [0, 0.05) is 42.2 Å². The van der Waals surface area contributed by atoms with E-state index >= 15 is 0 Å². The zero-order valence-corrected chi connectivity index (χ0v) is 13.1. The lowest BCUT2D eigenvalue weighted by atomic mass is 10.1. The Bertz CT molecular complexity index is 597. The van der Waals surface area contributed by atoms with Crippen LogP contribution in [-0.4, -0.2) is 36.4 Å². The van der Waals surface area contributed by atoms with Gasteiger partial charge in [0.25, 0.3) is 0 Å². The first-order chi connectivity index (χ1) is 9.26. The summed E-state index contributed by atoms with van der Waals surface area (Å²) in [7, 11) is 1.68. The van der Waals surface area contributed by atoms with Gasteiger partial charge >= 0.3 is 0 Å². The minimum atomic E-state index is -3.58. The maximum atomic E-state index is 12.1. The van der Waals surface area contributed by atoms with Crippen molar-refractivity contribution >= 4 is 31.5 Å². The van der Waals surface area contributed by atoms with E-state index in [4.69, 9.17) is 10.7 Å². The highest BCUT2D eigenvalue weighted by Gasteiger charge is 2.34. The number of anilines is 1. The lowest BCUT2D eigenvalue weighted by molar-refractivity contribution is -0.117. The fraction of sp³-hybridized carbons (Fsp3) is 0.667. The molecule has 1 aliphatic rings. The molecule has 1 saturated heterocycles. The molecule has 6 nitrogen and oxygen atoms in total. The average Bonchev–Trinajstić information content (AvgIpc) is 2.82. The van der Waals surface area contributed by atoms with Crippen molar-refractivity contribution in [3.63, 3.8) is 0 Å². The van der Waals surface area contributed by atoms with Crippen molar-refractivity contribution in [2.75, 3.05) is 17.2 Å². The van der Waals surface area contributed by atoms with Gasteiger partial charge in [0.05, 0.1) is 11.9 Å². The Kier molecular flexibility index (Phi) is 4.39. The second-order valence-corrected chi connectivity index (χ2v) is 8.37. The molecular weight excluding hydrogens is 302 g/mol. The Hall–Kier alpha value is -1.08. The SMILES string of the molecule is CC(C)Cn1nccc1N1CC(CS(=O)(=O)Cl)CC1=O. The summed E-state index contributed by atoms with van der Waals surface area (Å²) in [5, 5.41) is 4.21. The summed E-state index contributed by atoms with van der Waals surface area (Å²) < 4.78 is 24.0. The fourth-order valence-corrected chi connectivity index (χ4v) is 3.76. The van der Waals surface area contributed by atoms with Crippen LogP contribution in [0.1, 0.15) is 20.3 Å². The molecular formula is C12H18ClN3O3S. The van der Waals surface area contributed by atoms with Gasteiger partial charge in [-0.05, 0) is 5.92 Å². The van der Waals surface area contributed by atoms with Crippen LogP contribution in [0.5, 0.6) is 0 Å². The Morgan fingerprint density at radius 3 is 2.80 bits per heavy atom. The number of hydrogen-bond donors (Lipinski definition) is 0. The number of rotatable bonds is 5. The van der Waals surface area contributed by atoms with Crippen LogP contribution in [0.2, 0.25) is 0 Å². The summed E-state index contributed by atoms with van der Waals surface area (Å²) in [6, 6.07) is 1.78. The van der Waals surface area contributed by atoms with Crippen molar-refractivity contribution in [3.05, 3.63) is 12.3 Å². The smallest absolute Gasteiger partial charge is 0.232 e. The average molecular weight is 320 g/mol. The highest BCUT2D eigenvalue weighted by Crippen LogP contribution is 2.26. The van der Waals surface area contributed by atoms with Crippen molar-refractivity contribution in [2.24, 2.45) is 11.8 Å². The third-order valence-electron chi connectivity index (χ3n) is 3.15. The molecule has 112 valence electrons. The third-order valence-corrected chi connectivity index (χ3v) is 4.40. The van der Waals surface area contributed by atoms with Crippen molar-refractivity contribution in [1.29, 1.82) is 0 Å². The van der Waals surface area contributed by atoms with Gasteiger partial charge in [-0.1, -0.05) is 13.8 Å². The van der Waals surface area contributed by atoms with Crippen LogP contribution in [0, 0.1) is 11.8 Å². The standard InChI is InChI=1S/C12H18ClN3O3S/c1-9(2)6-16-11(3-4-14-16)15-7-10(5-12(15)17)8-20(13,18)19/h3-4,9-10H,5-8H2,1-2H3. The van der Waals surface area contributed by atoms with Gasteiger partial charge in [0.1, 0.15) is 5.82 Å². The molecule has 1 aromatic rings. The first kappa shape index (κ1) is 15.3. The molecule has 0 spiro atoms. The highest BCUT2D eigenvalue weighted by atomic mass is 35.7. The number of aromatic nitrogens is 2. The number of carbonyl (C=O) groups excluding carboxylic acids is 1. The largest absolute Gasteiger partial charge is 0.297 e. The van der Waals surface area contributed by atoms with E-state index in [2.05, 4.69) is 18.9 Å². The van der Waals surface area contributed by atoms with Gasteiger partial charge in [-0.2, -0.15) is 5.10 Å². The molecule has 0 bridgehead atoms. The van der Waals surface area contributed by atoms with Gasteiger partial charge in [-0.25, -0.2) is 13.1 Å². The van der Waals surface area contributed by atoms with E-state index in [0.717, 1.165) is 5.82 Å². The molecule has 1 atom stereocenters. The molecule has 1 aliphatic heterocycles. The molecule has 2 heterocycles. The molecule has 0 aliphatic carbocycles. The summed E-state index contributed by atoms with van der Waals surface area (Å²) in [5.74, 6) is 0.617. The maximum absolute atomic E-state index is 12.1. The number of carbonyl (C=O) groups is 1. The molecule has 0 radical (unpaired) electrons. The van der Waals surface area contributed by atoms with Gasteiger partial charge in [-0.15, -0.1) is 0 Å². The molecule has 1 fully saturated rings. The molecule has 0 N–H and O–H groups in total. The van der Waals surface area contributed by atoms with Gasteiger partial charge in [-0.3, -0.25) is 9.69 Å². The molecule has 1 amide bonds.